The fourth-order valence-corrected chi connectivity index (χ4v) is 2.88. The van der Waals surface area contributed by atoms with E-state index in [0.29, 0.717) is 0 Å². The lowest BCUT2D eigenvalue weighted by Crippen LogP contribution is -2.33. The van der Waals surface area contributed by atoms with Gasteiger partial charge in [-0.3, -0.25) is 0 Å². The van der Waals surface area contributed by atoms with Crippen LogP contribution in [0.4, 0.5) is 0 Å². The Balaban J connectivity index is 2.46. The second-order valence-corrected chi connectivity index (χ2v) is 5.66. The smallest absolute Gasteiger partial charge is 0.0667 e. The van der Waals surface area contributed by atoms with Crippen LogP contribution in [0, 0.1) is 6.92 Å². The van der Waals surface area contributed by atoms with E-state index >= 15 is 0 Å². The largest absolute Gasteiger partial charge is 0.399 e. The van der Waals surface area contributed by atoms with Crippen LogP contribution in [0.25, 0.3) is 0 Å². The average Bonchev–Trinajstić information content (AvgIpc) is 2.34. The molecule has 0 bridgehead atoms. The quantitative estimate of drug-likeness (QED) is 0.805. The van der Waals surface area contributed by atoms with Crippen LogP contribution in [0.1, 0.15) is 30.5 Å². The normalized spacial score (nSPS) is 27.1. The van der Waals surface area contributed by atoms with E-state index in [9.17, 15) is 0 Å². The molecule has 1 aliphatic carbocycles. The zero-order valence-electron chi connectivity index (χ0n) is 11.2. The van der Waals surface area contributed by atoms with Crippen LogP contribution in [0.2, 0.25) is 0 Å². The standard InChI is InChI=1S/C16H20ClN/c1-4-12-5-6-14(11(2)9-12)16(3)8-7-13(18)10-15(16)17/h5-10,15H,4,18H2,1-3H3. The maximum absolute atomic E-state index is 6.49. The molecule has 2 rings (SSSR count). The van der Waals surface area contributed by atoms with Gasteiger partial charge in [-0.1, -0.05) is 38.1 Å². The minimum Gasteiger partial charge on any atom is -0.399 e. The van der Waals surface area contributed by atoms with Crippen molar-refractivity contribution < 1.29 is 0 Å². The first kappa shape index (κ1) is 13.2. The van der Waals surface area contributed by atoms with Crippen LogP contribution in [0.15, 0.2) is 42.1 Å². The highest BCUT2D eigenvalue weighted by molar-refractivity contribution is 6.23. The third kappa shape index (κ3) is 2.20. The van der Waals surface area contributed by atoms with Crippen molar-refractivity contribution in [3.05, 3.63) is 58.8 Å². The van der Waals surface area contributed by atoms with Gasteiger partial charge in [0.05, 0.1) is 5.38 Å². The number of hydrogen-bond donors (Lipinski definition) is 1. The summed E-state index contributed by atoms with van der Waals surface area (Å²) in [5.41, 5.74) is 10.3. The van der Waals surface area contributed by atoms with Gasteiger partial charge in [0.1, 0.15) is 0 Å². The third-order valence-corrected chi connectivity index (χ3v) is 4.39. The highest BCUT2D eigenvalue weighted by Gasteiger charge is 2.34. The number of allylic oxidation sites excluding steroid dienone is 3. The SMILES string of the molecule is CCc1ccc(C2(C)C=CC(N)=CC2Cl)c(C)c1. The maximum atomic E-state index is 6.49. The Morgan fingerprint density at radius 1 is 1.39 bits per heavy atom. The summed E-state index contributed by atoms with van der Waals surface area (Å²) in [6.07, 6.45) is 7.06. The van der Waals surface area contributed by atoms with Gasteiger partial charge in [0.2, 0.25) is 0 Å². The molecular weight excluding hydrogens is 242 g/mol. The van der Waals surface area contributed by atoms with Gasteiger partial charge in [-0.05, 0) is 42.2 Å². The molecule has 96 valence electrons. The van der Waals surface area contributed by atoms with E-state index in [1.54, 1.807) is 0 Å². The molecule has 0 spiro atoms. The van der Waals surface area contributed by atoms with Gasteiger partial charge < -0.3 is 5.73 Å². The van der Waals surface area contributed by atoms with Crippen LogP contribution < -0.4 is 5.73 Å². The molecule has 2 heteroatoms. The first-order valence-electron chi connectivity index (χ1n) is 6.38. The molecule has 18 heavy (non-hydrogen) atoms. The Morgan fingerprint density at radius 2 is 2.11 bits per heavy atom. The average molecular weight is 262 g/mol. The molecule has 1 aliphatic rings. The van der Waals surface area contributed by atoms with Gasteiger partial charge in [0, 0.05) is 11.1 Å². The second kappa shape index (κ2) is 4.81. The predicted molar refractivity (Wildman–Crippen MR) is 79.0 cm³/mol. The summed E-state index contributed by atoms with van der Waals surface area (Å²) in [7, 11) is 0. The fourth-order valence-electron chi connectivity index (χ4n) is 2.55. The van der Waals surface area contributed by atoms with Crippen molar-refractivity contribution in [2.45, 2.75) is 38.0 Å². The zero-order chi connectivity index (χ0) is 13.3. The molecule has 0 fully saturated rings. The van der Waals surface area contributed by atoms with E-state index in [4.69, 9.17) is 17.3 Å². The zero-order valence-corrected chi connectivity index (χ0v) is 12.0. The summed E-state index contributed by atoms with van der Waals surface area (Å²) in [6, 6.07) is 6.63. The molecule has 0 amide bonds. The van der Waals surface area contributed by atoms with Crippen molar-refractivity contribution in [3.8, 4) is 0 Å². The maximum Gasteiger partial charge on any atom is 0.0667 e. The molecule has 1 aromatic carbocycles. The van der Waals surface area contributed by atoms with Crippen LogP contribution in [0.3, 0.4) is 0 Å². The summed E-state index contributed by atoms with van der Waals surface area (Å²) in [6.45, 7) is 6.49. The predicted octanol–water partition coefficient (Wildman–Crippen LogP) is 3.83. The lowest BCUT2D eigenvalue weighted by molar-refractivity contribution is 0.599. The molecule has 1 nitrogen and oxygen atoms in total. The van der Waals surface area contributed by atoms with Gasteiger partial charge in [0.25, 0.3) is 0 Å². The third-order valence-electron chi connectivity index (χ3n) is 3.81. The number of alkyl halides is 1. The number of rotatable bonds is 2. The van der Waals surface area contributed by atoms with E-state index in [0.717, 1.165) is 12.1 Å². The highest BCUT2D eigenvalue weighted by Crippen LogP contribution is 2.38. The lowest BCUT2D eigenvalue weighted by Gasteiger charge is -2.34. The molecule has 0 saturated carbocycles. The second-order valence-electron chi connectivity index (χ2n) is 5.19. The van der Waals surface area contributed by atoms with Crippen LogP contribution in [-0.4, -0.2) is 5.38 Å². The minimum absolute atomic E-state index is 0.103. The Kier molecular flexibility index (Phi) is 3.54. The lowest BCUT2D eigenvalue weighted by atomic mass is 9.74. The van der Waals surface area contributed by atoms with E-state index in [1.165, 1.54) is 16.7 Å². The van der Waals surface area contributed by atoms with Crippen molar-refractivity contribution in [1.29, 1.82) is 0 Å². The number of nitrogens with two attached hydrogens (primary N) is 1. The number of halogens is 1. The van der Waals surface area contributed by atoms with Crippen LogP contribution in [-0.2, 0) is 11.8 Å². The van der Waals surface area contributed by atoms with E-state index < -0.39 is 0 Å². The summed E-state index contributed by atoms with van der Waals surface area (Å²) in [5, 5.41) is -0.103. The Labute approximate surface area is 114 Å². The summed E-state index contributed by atoms with van der Waals surface area (Å²) in [4.78, 5) is 0. The van der Waals surface area contributed by atoms with Crippen molar-refractivity contribution in [2.24, 2.45) is 5.73 Å². The highest BCUT2D eigenvalue weighted by atomic mass is 35.5. The first-order chi connectivity index (χ1) is 8.47. The van der Waals surface area contributed by atoms with Gasteiger partial charge >= 0.3 is 0 Å². The Bertz CT molecular complexity index is 516. The Morgan fingerprint density at radius 3 is 2.67 bits per heavy atom. The van der Waals surface area contributed by atoms with Gasteiger partial charge in [-0.2, -0.15) is 0 Å². The van der Waals surface area contributed by atoms with E-state index in [1.807, 2.05) is 12.2 Å². The van der Waals surface area contributed by atoms with Crippen molar-refractivity contribution in [2.75, 3.05) is 0 Å². The van der Waals surface area contributed by atoms with Crippen LogP contribution >= 0.6 is 11.6 Å². The topological polar surface area (TPSA) is 26.0 Å². The van der Waals surface area contributed by atoms with Crippen LogP contribution in [0.5, 0.6) is 0 Å². The number of benzene rings is 1. The first-order valence-corrected chi connectivity index (χ1v) is 6.81. The molecule has 2 atom stereocenters. The van der Waals surface area contributed by atoms with E-state index in [-0.39, 0.29) is 10.8 Å². The monoisotopic (exact) mass is 261 g/mol. The van der Waals surface area contributed by atoms with Crippen molar-refractivity contribution >= 4 is 11.6 Å². The molecule has 2 unspecified atom stereocenters. The van der Waals surface area contributed by atoms with Gasteiger partial charge in [-0.25, -0.2) is 0 Å². The van der Waals surface area contributed by atoms with Gasteiger partial charge in [-0.15, -0.1) is 11.6 Å². The number of aryl methyl sites for hydroxylation is 2. The summed E-state index contributed by atoms with van der Waals surface area (Å²) in [5.74, 6) is 0. The molecule has 0 saturated heterocycles. The molecular formula is C16H20ClN. The molecule has 0 radical (unpaired) electrons. The molecule has 2 N–H and O–H groups in total. The molecule has 0 heterocycles. The van der Waals surface area contributed by atoms with E-state index in [2.05, 4.69) is 45.0 Å². The summed E-state index contributed by atoms with van der Waals surface area (Å²) < 4.78 is 0. The number of hydrogen-bond acceptors (Lipinski definition) is 1. The van der Waals surface area contributed by atoms with Gasteiger partial charge in [0.15, 0.2) is 0 Å². The Hall–Kier alpha value is -1.21. The fraction of sp³-hybridized carbons (Fsp3) is 0.375. The summed E-state index contributed by atoms with van der Waals surface area (Å²) >= 11 is 6.49. The van der Waals surface area contributed by atoms with Crippen molar-refractivity contribution in [1.82, 2.24) is 0 Å². The minimum atomic E-state index is -0.180. The molecule has 1 aromatic rings. The molecule has 0 aromatic heterocycles. The molecule has 0 aliphatic heterocycles. The van der Waals surface area contributed by atoms with Crippen molar-refractivity contribution in [3.63, 3.8) is 0 Å².